The summed E-state index contributed by atoms with van der Waals surface area (Å²) < 4.78 is 20.2. The van der Waals surface area contributed by atoms with Crippen molar-refractivity contribution in [3.8, 4) is 22.4 Å². The van der Waals surface area contributed by atoms with Gasteiger partial charge in [0.25, 0.3) is 0 Å². The van der Waals surface area contributed by atoms with E-state index >= 15 is 4.39 Å². The van der Waals surface area contributed by atoms with Gasteiger partial charge in [0.15, 0.2) is 5.78 Å². The zero-order chi connectivity index (χ0) is 23.5. The maximum absolute atomic E-state index is 15.2. The van der Waals surface area contributed by atoms with E-state index in [1.807, 2.05) is 18.2 Å². The predicted octanol–water partition coefficient (Wildman–Crippen LogP) is 5.98. The fourth-order valence-electron chi connectivity index (χ4n) is 4.19. The van der Waals surface area contributed by atoms with Gasteiger partial charge in [0.05, 0.1) is 23.6 Å². The summed E-state index contributed by atoms with van der Waals surface area (Å²) in [4.78, 5) is 28.7. The Balaban J connectivity index is 1.55. The Morgan fingerprint density at radius 3 is 2.65 bits per heavy atom. The van der Waals surface area contributed by atoms with E-state index in [0.29, 0.717) is 40.8 Å². The number of nitrogens with zero attached hydrogens (tertiary/aromatic N) is 3. The minimum atomic E-state index is -0.424. The minimum absolute atomic E-state index is 0.0716. The van der Waals surface area contributed by atoms with E-state index in [4.69, 9.17) is 4.74 Å². The summed E-state index contributed by atoms with van der Waals surface area (Å²) in [5, 5.41) is 1.50. The molecule has 170 valence electrons. The molecular formula is C27H23FN4O2. The van der Waals surface area contributed by atoms with Crippen LogP contribution in [0.4, 0.5) is 4.39 Å². The zero-order valence-corrected chi connectivity index (χ0v) is 18.7. The summed E-state index contributed by atoms with van der Waals surface area (Å²) in [5.41, 5.74) is 4.71. The number of pyridine rings is 3. The van der Waals surface area contributed by atoms with Crippen molar-refractivity contribution in [1.29, 1.82) is 0 Å². The van der Waals surface area contributed by atoms with E-state index < -0.39 is 5.82 Å². The lowest BCUT2D eigenvalue weighted by atomic mass is 9.97. The molecule has 0 saturated carbocycles. The number of nitrogens with one attached hydrogen (secondary N) is 1. The second-order valence-corrected chi connectivity index (χ2v) is 8.14. The number of hydrogen-bond donors (Lipinski definition) is 1. The number of rotatable bonds is 8. The summed E-state index contributed by atoms with van der Waals surface area (Å²) in [6.45, 7) is 0.645. The number of aromatic amines is 1. The molecule has 0 amide bonds. The molecule has 0 atom stereocenters. The van der Waals surface area contributed by atoms with Crippen molar-refractivity contribution in [3.63, 3.8) is 0 Å². The Kier molecular flexibility index (Phi) is 6.10. The lowest BCUT2D eigenvalue weighted by Crippen LogP contribution is -2.00. The van der Waals surface area contributed by atoms with E-state index in [-0.39, 0.29) is 5.78 Å². The van der Waals surface area contributed by atoms with Gasteiger partial charge < -0.3 is 9.72 Å². The van der Waals surface area contributed by atoms with Crippen molar-refractivity contribution in [2.24, 2.45) is 0 Å². The van der Waals surface area contributed by atoms with E-state index in [2.05, 4.69) is 19.9 Å². The maximum atomic E-state index is 15.2. The Hall–Kier alpha value is -3.97. The van der Waals surface area contributed by atoms with Crippen LogP contribution in [0, 0.1) is 5.82 Å². The van der Waals surface area contributed by atoms with Gasteiger partial charge in [-0.3, -0.25) is 14.8 Å². The number of carbonyl (C=O) groups is 1. The standard InChI is InChI=1S/C27H23FN4O2/c1-34-12-3-2-6-24(33)17-7-9-18(10-8-17)25-21(28)15-31-27-26(25)20-13-22(30-16-23(20)32-27)19-5-4-11-29-14-19/h4-5,7-11,13-16H,2-3,6,12H2,1H3,(H,31,32). The number of aromatic nitrogens is 4. The summed E-state index contributed by atoms with van der Waals surface area (Å²) in [6, 6.07) is 12.8. The number of ketones is 1. The van der Waals surface area contributed by atoms with Crippen LogP contribution >= 0.6 is 0 Å². The summed E-state index contributed by atoms with van der Waals surface area (Å²) in [7, 11) is 1.65. The Morgan fingerprint density at radius 2 is 1.88 bits per heavy atom. The number of halogens is 1. The van der Waals surface area contributed by atoms with Crippen molar-refractivity contribution in [1.82, 2.24) is 19.9 Å². The molecule has 1 aromatic carbocycles. The minimum Gasteiger partial charge on any atom is -0.385 e. The van der Waals surface area contributed by atoms with E-state index in [9.17, 15) is 4.79 Å². The molecule has 6 nitrogen and oxygen atoms in total. The molecule has 4 aromatic heterocycles. The van der Waals surface area contributed by atoms with Crippen molar-refractivity contribution >= 4 is 27.7 Å². The molecule has 0 aliphatic rings. The first-order valence-corrected chi connectivity index (χ1v) is 11.1. The first-order valence-electron chi connectivity index (χ1n) is 11.1. The van der Waals surface area contributed by atoms with Crippen LogP contribution in [0.2, 0.25) is 0 Å². The van der Waals surface area contributed by atoms with Gasteiger partial charge in [-0.15, -0.1) is 0 Å². The number of carbonyl (C=O) groups excluding carboxylic acids is 1. The first kappa shape index (κ1) is 21.9. The van der Waals surface area contributed by atoms with Crippen LogP contribution in [-0.2, 0) is 4.74 Å². The second kappa shape index (κ2) is 9.49. The fourth-order valence-corrected chi connectivity index (χ4v) is 4.19. The third-order valence-corrected chi connectivity index (χ3v) is 5.91. The Bertz CT molecular complexity index is 1460. The lowest BCUT2D eigenvalue weighted by molar-refractivity contribution is 0.0975. The number of methoxy groups -OCH3 is 1. The summed E-state index contributed by atoms with van der Waals surface area (Å²) in [6.07, 6.45) is 8.48. The summed E-state index contributed by atoms with van der Waals surface area (Å²) in [5.74, 6) is -0.353. The molecule has 0 spiro atoms. The monoisotopic (exact) mass is 454 g/mol. The molecule has 5 rings (SSSR count). The van der Waals surface area contributed by atoms with Crippen LogP contribution in [0.3, 0.4) is 0 Å². The molecule has 0 saturated heterocycles. The quantitative estimate of drug-likeness (QED) is 0.230. The predicted molar refractivity (Wildman–Crippen MR) is 130 cm³/mol. The number of unbranched alkanes of at least 4 members (excludes halogenated alkanes) is 1. The molecule has 0 unspecified atom stereocenters. The number of fused-ring (bicyclic) bond motifs is 3. The van der Waals surface area contributed by atoms with Gasteiger partial charge in [-0.05, 0) is 36.6 Å². The Labute approximate surface area is 195 Å². The van der Waals surface area contributed by atoms with Crippen LogP contribution in [-0.4, -0.2) is 39.4 Å². The highest BCUT2D eigenvalue weighted by molar-refractivity contribution is 6.13. The zero-order valence-electron chi connectivity index (χ0n) is 18.7. The maximum Gasteiger partial charge on any atom is 0.162 e. The molecule has 0 aliphatic carbocycles. The van der Waals surface area contributed by atoms with Gasteiger partial charge in [0, 0.05) is 60.0 Å². The normalized spacial score (nSPS) is 11.4. The number of ether oxygens (including phenoxy) is 1. The molecule has 7 heteroatoms. The molecule has 0 radical (unpaired) electrons. The lowest BCUT2D eigenvalue weighted by Gasteiger charge is -2.08. The van der Waals surface area contributed by atoms with Crippen LogP contribution < -0.4 is 0 Å². The van der Waals surface area contributed by atoms with Crippen molar-refractivity contribution < 1.29 is 13.9 Å². The first-order chi connectivity index (χ1) is 16.7. The SMILES string of the molecule is COCCCCC(=O)c1ccc(-c2c(F)cnc3[nH]c4cnc(-c5cccnc5)cc4c23)cc1. The largest absolute Gasteiger partial charge is 0.385 e. The van der Waals surface area contributed by atoms with Gasteiger partial charge in [-0.2, -0.15) is 0 Å². The van der Waals surface area contributed by atoms with Crippen LogP contribution in [0.25, 0.3) is 44.3 Å². The molecule has 4 heterocycles. The number of H-pyrrole nitrogens is 1. The topological polar surface area (TPSA) is 80.8 Å². The van der Waals surface area contributed by atoms with Gasteiger partial charge in [0.2, 0.25) is 0 Å². The van der Waals surface area contributed by atoms with Gasteiger partial charge in [0.1, 0.15) is 11.5 Å². The molecule has 1 N–H and O–H groups in total. The third kappa shape index (κ3) is 4.18. The summed E-state index contributed by atoms with van der Waals surface area (Å²) >= 11 is 0. The fraction of sp³-hybridized carbons (Fsp3) is 0.185. The molecule has 0 aliphatic heterocycles. The molecule has 34 heavy (non-hydrogen) atoms. The van der Waals surface area contributed by atoms with E-state index in [1.54, 1.807) is 50.0 Å². The van der Waals surface area contributed by atoms with E-state index in [0.717, 1.165) is 35.0 Å². The molecule has 5 aromatic rings. The molecular weight excluding hydrogens is 431 g/mol. The number of benzene rings is 1. The highest BCUT2D eigenvalue weighted by Crippen LogP contribution is 2.36. The molecule has 0 fully saturated rings. The molecule has 0 bridgehead atoms. The number of Topliss-reactive ketones (excluding diaryl/α,β-unsaturated/α-hetero) is 1. The highest BCUT2D eigenvalue weighted by Gasteiger charge is 2.18. The van der Waals surface area contributed by atoms with Crippen LogP contribution in [0.15, 0.2) is 67.3 Å². The van der Waals surface area contributed by atoms with Crippen LogP contribution in [0.1, 0.15) is 29.6 Å². The average Bonchev–Trinajstić information content (AvgIpc) is 3.25. The highest BCUT2D eigenvalue weighted by atomic mass is 19.1. The third-order valence-electron chi connectivity index (χ3n) is 5.91. The number of hydrogen-bond acceptors (Lipinski definition) is 5. The van der Waals surface area contributed by atoms with Crippen molar-refractivity contribution in [2.45, 2.75) is 19.3 Å². The van der Waals surface area contributed by atoms with Gasteiger partial charge >= 0.3 is 0 Å². The van der Waals surface area contributed by atoms with Gasteiger partial charge in [-0.25, -0.2) is 9.37 Å². The van der Waals surface area contributed by atoms with Crippen molar-refractivity contribution in [3.05, 3.63) is 78.6 Å². The van der Waals surface area contributed by atoms with Crippen molar-refractivity contribution in [2.75, 3.05) is 13.7 Å². The Morgan fingerprint density at radius 1 is 1.03 bits per heavy atom. The van der Waals surface area contributed by atoms with E-state index in [1.165, 1.54) is 6.20 Å². The average molecular weight is 455 g/mol. The second-order valence-electron chi connectivity index (χ2n) is 8.14. The smallest absolute Gasteiger partial charge is 0.162 e. The van der Waals surface area contributed by atoms with Gasteiger partial charge in [-0.1, -0.05) is 24.3 Å². The van der Waals surface area contributed by atoms with Crippen LogP contribution in [0.5, 0.6) is 0 Å².